The molecule has 0 saturated carbocycles. The number of hydrazone groups is 1. The minimum atomic E-state index is -1.25. The first kappa shape index (κ1) is 22.0. The van der Waals surface area contributed by atoms with Crippen molar-refractivity contribution in [2.45, 2.75) is 13.0 Å². The number of carboxylic acid groups (broad SMARTS) is 2. The number of rotatable bonds is 10. The van der Waals surface area contributed by atoms with Crippen molar-refractivity contribution >= 4 is 46.8 Å². The molecule has 13 nitrogen and oxygen atoms in total. The third kappa shape index (κ3) is 5.39. The monoisotopic (exact) mass is 418 g/mol. The molecule has 0 unspecified atom stereocenters. The summed E-state index contributed by atoms with van der Waals surface area (Å²) in [5, 5.41) is 22.2. The van der Waals surface area contributed by atoms with Crippen LogP contribution in [0.4, 0.5) is 4.79 Å². The quantitative estimate of drug-likeness (QED) is 0.164. The molecular weight excluding hydrogens is 400 g/mol. The van der Waals surface area contributed by atoms with E-state index < -0.39 is 36.8 Å². The number of carboxylic acids is 2. The Balaban J connectivity index is 2.39. The standard InChI is InChI=1S/C17H18N6O7/c18-17(30)22-19-6-9(5-13(25)26)20-21-16(29)15-11(8-24)10-3-1-2-4-12(10)23(15)7-14(27)28/h1-4,8,19H,5-7H2,(H,21,29)(H,25,26)(H,27,28)(H3,18,22,30). The molecule has 0 bridgehead atoms. The number of aldehydes is 1. The molecule has 0 saturated heterocycles. The number of hydrogen-bond donors (Lipinski definition) is 6. The Kier molecular flexibility index (Phi) is 7.19. The van der Waals surface area contributed by atoms with E-state index in [9.17, 15) is 29.1 Å². The van der Waals surface area contributed by atoms with E-state index in [1.165, 1.54) is 0 Å². The van der Waals surface area contributed by atoms with Gasteiger partial charge in [-0.2, -0.15) is 5.10 Å². The van der Waals surface area contributed by atoms with E-state index in [2.05, 4.69) is 16.0 Å². The van der Waals surface area contributed by atoms with E-state index in [0.29, 0.717) is 17.2 Å². The van der Waals surface area contributed by atoms with E-state index in [1.807, 2.05) is 5.43 Å². The van der Waals surface area contributed by atoms with E-state index in [4.69, 9.17) is 10.8 Å². The van der Waals surface area contributed by atoms with Crippen molar-refractivity contribution in [3.05, 3.63) is 35.5 Å². The van der Waals surface area contributed by atoms with Crippen LogP contribution in [0.1, 0.15) is 27.3 Å². The molecule has 2 rings (SSSR count). The second-order valence-electron chi connectivity index (χ2n) is 5.91. The zero-order valence-electron chi connectivity index (χ0n) is 15.4. The summed E-state index contributed by atoms with van der Waals surface area (Å²) in [4.78, 5) is 57.2. The van der Waals surface area contributed by atoms with Gasteiger partial charge in [0.05, 0.1) is 24.2 Å². The molecular formula is C17H18N6O7. The van der Waals surface area contributed by atoms with E-state index in [1.54, 1.807) is 24.3 Å². The van der Waals surface area contributed by atoms with Gasteiger partial charge in [0.2, 0.25) is 0 Å². The number of carbonyl (C=O) groups excluding carboxylic acids is 3. The first-order chi connectivity index (χ1) is 14.2. The highest BCUT2D eigenvalue weighted by Gasteiger charge is 2.23. The lowest BCUT2D eigenvalue weighted by molar-refractivity contribution is -0.138. The Labute approximate surface area is 168 Å². The first-order valence-corrected chi connectivity index (χ1v) is 8.38. The minimum absolute atomic E-state index is 0.0344. The molecule has 0 aliphatic rings. The highest BCUT2D eigenvalue weighted by molar-refractivity contribution is 6.11. The number of hydrazine groups is 1. The molecule has 0 spiro atoms. The Hall–Kier alpha value is -4.26. The molecule has 30 heavy (non-hydrogen) atoms. The second-order valence-corrected chi connectivity index (χ2v) is 5.91. The number of amides is 3. The summed E-state index contributed by atoms with van der Waals surface area (Å²) >= 11 is 0. The maximum absolute atomic E-state index is 12.7. The topological polar surface area (TPSA) is 205 Å². The molecule has 158 valence electrons. The number of carbonyl (C=O) groups is 5. The fraction of sp³-hybridized carbons (Fsp3) is 0.176. The Morgan fingerprint density at radius 2 is 1.83 bits per heavy atom. The van der Waals surface area contributed by atoms with Gasteiger partial charge in [0, 0.05) is 10.9 Å². The molecule has 0 radical (unpaired) electrons. The molecule has 1 aromatic heterocycles. The molecule has 2 aromatic rings. The number of nitrogens with two attached hydrogens (primary N) is 1. The molecule has 7 N–H and O–H groups in total. The maximum atomic E-state index is 12.7. The number of nitrogens with zero attached hydrogens (tertiary/aromatic N) is 2. The molecule has 0 aliphatic carbocycles. The van der Waals surface area contributed by atoms with E-state index in [-0.39, 0.29) is 23.5 Å². The van der Waals surface area contributed by atoms with Gasteiger partial charge >= 0.3 is 18.0 Å². The average Bonchev–Trinajstić information content (AvgIpc) is 2.98. The largest absolute Gasteiger partial charge is 0.481 e. The summed E-state index contributed by atoms with van der Waals surface area (Å²) in [5.74, 6) is -3.41. The number of para-hydroxylation sites is 1. The van der Waals surface area contributed by atoms with Gasteiger partial charge in [-0.15, -0.1) is 0 Å². The van der Waals surface area contributed by atoms with Crippen LogP contribution in [0, 0.1) is 0 Å². The fourth-order valence-corrected chi connectivity index (χ4v) is 2.73. The number of aliphatic carboxylic acids is 2. The van der Waals surface area contributed by atoms with Crippen LogP contribution in [0.2, 0.25) is 0 Å². The van der Waals surface area contributed by atoms with Gasteiger partial charge in [-0.25, -0.2) is 15.6 Å². The summed E-state index contributed by atoms with van der Waals surface area (Å²) in [6.07, 6.45) is -0.151. The molecule has 13 heteroatoms. The zero-order chi connectivity index (χ0) is 22.3. The van der Waals surface area contributed by atoms with Gasteiger partial charge in [0.25, 0.3) is 5.91 Å². The predicted octanol–water partition coefficient (Wildman–Crippen LogP) is -0.728. The van der Waals surface area contributed by atoms with Gasteiger partial charge in [-0.3, -0.25) is 24.6 Å². The van der Waals surface area contributed by atoms with Crippen LogP contribution in [0.15, 0.2) is 29.4 Å². The third-order valence-corrected chi connectivity index (χ3v) is 3.81. The molecule has 1 aromatic carbocycles. The van der Waals surface area contributed by atoms with E-state index in [0.717, 1.165) is 4.57 Å². The lowest BCUT2D eigenvalue weighted by Crippen LogP contribution is -2.44. The number of hydrogen-bond acceptors (Lipinski definition) is 7. The van der Waals surface area contributed by atoms with Crippen molar-refractivity contribution < 1.29 is 34.2 Å². The first-order valence-electron chi connectivity index (χ1n) is 8.38. The molecule has 1 heterocycles. The van der Waals surface area contributed by atoms with Crippen LogP contribution in [0.3, 0.4) is 0 Å². The van der Waals surface area contributed by atoms with Crippen LogP contribution in [0.5, 0.6) is 0 Å². The fourth-order valence-electron chi connectivity index (χ4n) is 2.73. The number of fused-ring (bicyclic) bond motifs is 1. The third-order valence-electron chi connectivity index (χ3n) is 3.81. The maximum Gasteiger partial charge on any atom is 0.326 e. The number of aromatic nitrogens is 1. The van der Waals surface area contributed by atoms with Crippen LogP contribution in [0.25, 0.3) is 10.9 Å². The van der Waals surface area contributed by atoms with Crippen molar-refractivity contribution in [3.63, 3.8) is 0 Å². The normalized spacial score (nSPS) is 11.1. The van der Waals surface area contributed by atoms with Crippen LogP contribution in [-0.4, -0.2) is 57.2 Å². The van der Waals surface area contributed by atoms with Crippen molar-refractivity contribution in [2.24, 2.45) is 10.8 Å². The van der Waals surface area contributed by atoms with Crippen LogP contribution >= 0.6 is 0 Å². The number of primary amides is 1. The summed E-state index contributed by atoms with van der Waals surface area (Å²) in [5.41, 5.74) is 11.3. The average molecular weight is 418 g/mol. The number of nitrogens with one attached hydrogen (secondary N) is 3. The van der Waals surface area contributed by atoms with Gasteiger partial charge in [-0.05, 0) is 6.07 Å². The Bertz CT molecular complexity index is 1040. The summed E-state index contributed by atoms with van der Waals surface area (Å²) in [6.45, 7) is -0.846. The van der Waals surface area contributed by atoms with Gasteiger partial charge in [0.1, 0.15) is 12.2 Å². The number of benzene rings is 1. The number of urea groups is 1. The molecule has 3 amide bonds. The van der Waals surface area contributed by atoms with Gasteiger partial charge in [-0.1, -0.05) is 18.2 Å². The SMILES string of the molecule is NC(=O)NNCC(CC(=O)O)=NNC(=O)c1c(C=O)c2ccccc2n1CC(=O)O. The second kappa shape index (κ2) is 9.79. The van der Waals surface area contributed by atoms with Gasteiger partial charge in [0.15, 0.2) is 6.29 Å². The van der Waals surface area contributed by atoms with Crippen LogP contribution < -0.4 is 22.0 Å². The molecule has 0 fully saturated rings. The van der Waals surface area contributed by atoms with Crippen molar-refractivity contribution in [3.8, 4) is 0 Å². The van der Waals surface area contributed by atoms with Gasteiger partial charge < -0.3 is 20.5 Å². The predicted molar refractivity (Wildman–Crippen MR) is 103 cm³/mol. The Morgan fingerprint density at radius 3 is 2.43 bits per heavy atom. The summed E-state index contributed by atoms with van der Waals surface area (Å²) < 4.78 is 1.15. The van der Waals surface area contributed by atoms with Crippen molar-refractivity contribution in [1.82, 2.24) is 20.8 Å². The minimum Gasteiger partial charge on any atom is -0.481 e. The molecule has 0 atom stereocenters. The highest BCUT2D eigenvalue weighted by Crippen LogP contribution is 2.25. The smallest absolute Gasteiger partial charge is 0.326 e. The zero-order valence-corrected chi connectivity index (χ0v) is 15.4. The molecule has 0 aliphatic heterocycles. The summed E-state index contributed by atoms with van der Waals surface area (Å²) in [7, 11) is 0. The van der Waals surface area contributed by atoms with Crippen molar-refractivity contribution in [1.29, 1.82) is 0 Å². The Morgan fingerprint density at radius 1 is 1.13 bits per heavy atom. The lowest BCUT2D eigenvalue weighted by atomic mass is 10.1. The lowest BCUT2D eigenvalue weighted by Gasteiger charge is -2.09. The highest BCUT2D eigenvalue weighted by atomic mass is 16.4. The van der Waals surface area contributed by atoms with Crippen LogP contribution in [-0.2, 0) is 16.1 Å². The van der Waals surface area contributed by atoms with Crippen molar-refractivity contribution in [2.75, 3.05) is 6.54 Å². The van der Waals surface area contributed by atoms with E-state index >= 15 is 0 Å². The summed E-state index contributed by atoms with van der Waals surface area (Å²) in [6, 6.07) is 5.45.